The van der Waals surface area contributed by atoms with E-state index in [1.165, 1.54) is 5.56 Å². The summed E-state index contributed by atoms with van der Waals surface area (Å²) in [6, 6.07) is 11.8. The molecule has 0 N–H and O–H groups in total. The molecule has 1 amide bonds. The van der Waals surface area contributed by atoms with Gasteiger partial charge in [-0.15, -0.1) is 0 Å². The molecule has 1 heterocycles. The Morgan fingerprint density at radius 2 is 2.10 bits per heavy atom. The minimum Gasteiger partial charge on any atom is -0.335 e. The Kier molecular flexibility index (Phi) is 4.90. The molecule has 0 aliphatic rings. The lowest BCUT2D eigenvalue weighted by atomic mass is 10.1. The monoisotopic (exact) mass is 332 g/mol. The van der Waals surface area contributed by atoms with Crippen LogP contribution in [0.3, 0.4) is 0 Å². The van der Waals surface area contributed by atoms with Crippen LogP contribution < -0.4 is 0 Å². The predicted octanol–water partition coefficient (Wildman–Crippen LogP) is 3.81. The molecule has 0 atom stereocenters. The van der Waals surface area contributed by atoms with E-state index < -0.39 is 0 Å². The third-order valence-electron chi connectivity index (χ3n) is 3.11. The first-order valence-electron chi connectivity index (χ1n) is 6.57. The van der Waals surface area contributed by atoms with E-state index >= 15 is 0 Å². The summed E-state index contributed by atoms with van der Waals surface area (Å²) in [5.41, 5.74) is 2.94. The highest BCUT2D eigenvalue weighted by Gasteiger charge is 2.17. The molecule has 0 unspecified atom stereocenters. The normalized spacial score (nSPS) is 10.3. The lowest BCUT2D eigenvalue weighted by Gasteiger charge is -2.21. The van der Waals surface area contributed by atoms with Crippen LogP contribution in [-0.2, 0) is 6.54 Å². The molecule has 0 aliphatic carbocycles. The molecular formula is C16H17BrN2O. The van der Waals surface area contributed by atoms with Gasteiger partial charge in [0.1, 0.15) is 4.60 Å². The van der Waals surface area contributed by atoms with Crippen LogP contribution in [0.4, 0.5) is 0 Å². The summed E-state index contributed by atoms with van der Waals surface area (Å²) in [4.78, 5) is 18.5. The van der Waals surface area contributed by atoms with Crippen molar-refractivity contribution in [3.05, 3.63) is 63.9 Å². The van der Waals surface area contributed by atoms with Crippen LogP contribution in [-0.4, -0.2) is 22.3 Å². The van der Waals surface area contributed by atoms with Gasteiger partial charge in [0.2, 0.25) is 0 Å². The van der Waals surface area contributed by atoms with Crippen molar-refractivity contribution < 1.29 is 4.79 Å². The zero-order valence-corrected chi connectivity index (χ0v) is 13.2. The first-order chi connectivity index (χ1) is 9.61. The lowest BCUT2D eigenvalue weighted by molar-refractivity contribution is 0.0751. The molecule has 0 saturated carbocycles. The molecule has 3 nitrogen and oxygen atoms in total. The average molecular weight is 333 g/mol. The summed E-state index contributed by atoms with van der Waals surface area (Å²) in [6.45, 7) is 5.31. The van der Waals surface area contributed by atoms with E-state index in [1.54, 1.807) is 18.3 Å². The van der Waals surface area contributed by atoms with Crippen molar-refractivity contribution >= 4 is 21.8 Å². The van der Waals surface area contributed by atoms with Crippen molar-refractivity contribution in [3.63, 3.8) is 0 Å². The summed E-state index contributed by atoms with van der Waals surface area (Å²) in [7, 11) is 0. The van der Waals surface area contributed by atoms with Crippen LogP contribution >= 0.6 is 15.9 Å². The number of hydrogen-bond donors (Lipinski definition) is 0. The maximum atomic E-state index is 12.5. The Morgan fingerprint density at radius 1 is 1.30 bits per heavy atom. The summed E-state index contributed by atoms with van der Waals surface area (Å²) < 4.78 is 0.590. The van der Waals surface area contributed by atoms with Gasteiger partial charge in [-0.3, -0.25) is 4.79 Å². The number of amides is 1. The molecule has 1 aromatic carbocycles. The zero-order chi connectivity index (χ0) is 14.5. The molecule has 104 valence electrons. The lowest BCUT2D eigenvalue weighted by Crippen LogP contribution is -2.30. The van der Waals surface area contributed by atoms with Crippen LogP contribution in [0.1, 0.15) is 28.4 Å². The van der Waals surface area contributed by atoms with Crippen LogP contribution in [0, 0.1) is 6.92 Å². The van der Waals surface area contributed by atoms with E-state index in [1.807, 2.05) is 24.0 Å². The molecule has 20 heavy (non-hydrogen) atoms. The number of aryl methyl sites for hydroxylation is 1. The van der Waals surface area contributed by atoms with Gasteiger partial charge in [0.05, 0.1) is 5.56 Å². The first-order valence-corrected chi connectivity index (χ1v) is 7.36. The second kappa shape index (κ2) is 6.66. The number of nitrogens with zero attached hydrogens (tertiary/aromatic N) is 2. The summed E-state index contributed by atoms with van der Waals surface area (Å²) >= 11 is 3.33. The third-order valence-corrected chi connectivity index (χ3v) is 3.75. The minimum absolute atomic E-state index is 0.00557. The van der Waals surface area contributed by atoms with Gasteiger partial charge in [0.25, 0.3) is 5.91 Å². The Hall–Kier alpha value is -1.68. The largest absolute Gasteiger partial charge is 0.335 e. The number of rotatable bonds is 4. The fourth-order valence-electron chi connectivity index (χ4n) is 2.07. The molecule has 4 heteroatoms. The molecule has 2 aromatic rings. The molecule has 0 radical (unpaired) electrons. The van der Waals surface area contributed by atoms with Gasteiger partial charge in [-0.2, -0.15) is 0 Å². The van der Waals surface area contributed by atoms with Gasteiger partial charge in [-0.05, 0) is 47.5 Å². The second-order valence-corrected chi connectivity index (χ2v) is 5.40. The smallest absolute Gasteiger partial charge is 0.256 e. The molecule has 2 rings (SSSR count). The molecule has 0 saturated heterocycles. The van der Waals surface area contributed by atoms with Crippen molar-refractivity contribution in [1.82, 2.24) is 9.88 Å². The topological polar surface area (TPSA) is 33.2 Å². The number of aromatic nitrogens is 1. The van der Waals surface area contributed by atoms with Gasteiger partial charge in [0, 0.05) is 19.3 Å². The summed E-state index contributed by atoms with van der Waals surface area (Å²) in [5, 5.41) is 0. The maximum Gasteiger partial charge on any atom is 0.256 e. The van der Waals surface area contributed by atoms with E-state index in [9.17, 15) is 4.79 Å². The standard InChI is InChI=1S/C16H17BrN2O/c1-3-19(11-13-7-4-6-12(2)10-13)16(20)14-8-5-9-18-15(14)17/h4-10H,3,11H2,1-2H3. The highest BCUT2D eigenvalue weighted by molar-refractivity contribution is 9.10. The van der Waals surface area contributed by atoms with Gasteiger partial charge in [-0.25, -0.2) is 4.98 Å². The predicted molar refractivity (Wildman–Crippen MR) is 83.5 cm³/mol. The van der Waals surface area contributed by atoms with E-state index in [2.05, 4.69) is 40.0 Å². The summed E-state index contributed by atoms with van der Waals surface area (Å²) in [6.07, 6.45) is 1.66. The van der Waals surface area contributed by atoms with Gasteiger partial charge in [-0.1, -0.05) is 29.8 Å². The number of benzene rings is 1. The number of carbonyl (C=O) groups excluding carboxylic acids is 1. The van der Waals surface area contributed by atoms with Gasteiger partial charge >= 0.3 is 0 Å². The maximum absolute atomic E-state index is 12.5. The second-order valence-electron chi connectivity index (χ2n) is 4.65. The number of halogens is 1. The first kappa shape index (κ1) is 14.7. The number of hydrogen-bond acceptors (Lipinski definition) is 2. The Morgan fingerprint density at radius 3 is 2.75 bits per heavy atom. The molecule has 0 spiro atoms. The quantitative estimate of drug-likeness (QED) is 0.797. The van der Waals surface area contributed by atoms with E-state index in [4.69, 9.17) is 0 Å². The zero-order valence-electron chi connectivity index (χ0n) is 11.6. The average Bonchev–Trinajstić information content (AvgIpc) is 2.44. The van der Waals surface area contributed by atoms with Gasteiger partial charge in [0.15, 0.2) is 0 Å². The fraction of sp³-hybridized carbons (Fsp3) is 0.250. The molecule has 1 aromatic heterocycles. The van der Waals surface area contributed by atoms with Gasteiger partial charge < -0.3 is 4.90 Å². The Balaban J connectivity index is 2.20. The molecule has 0 bridgehead atoms. The van der Waals surface area contributed by atoms with Crippen LogP contribution in [0.25, 0.3) is 0 Å². The SMILES string of the molecule is CCN(Cc1cccc(C)c1)C(=O)c1cccnc1Br. The summed E-state index contributed by atoms with van der Waals surface area (Å²) in [5.74, 6) is -0.00557. The van der Waals surface area contributed by atoms with E-state index in [0.717, 1.165) is 5.56 Å². The van der Waals surface area contributed by atoms with Crippen molar-refractivity contribution in [2.45, 2.75) is 20.4 Å². The van der Waals surface area contributed by atoms with Crippen molar-refractivity contribution in [2.24, 2.45) is 0 Å². The number of carbonyl (C=O) groups is 1. The molecular weight excluding hydrogens is 316 g/mol. The highest BCUT2D eigenvalue weighted by atomic mass is 79.9. The van der Waals surface area contributed by atoms with Crippen LogP contribution in [0.5, 0.6) is 0 Å². The fourth-order valence-corrected chi connectivity index (χ4v) is 2.49. The molecule has 0 fully saturated rings. The van der Waals surface area contributed by atoms with Crippen molar-refractivity contribution in [3.8, 4) is 0 Å². The van der Waals surface area contributed by atoms with Crippen LogP contribution in [0.15, 0.2) is 47.2 Å². The Labute approximate surface area is 127 Å². The number of pyridine rings is 1. The molecule has 0 aliphatic heterocycles. The van der Waals surface area contributed by atoms with Crippen molar-refractivity contribution in [1.29, 1.82) is 0 Å². The highest BCUT2D eigenvalue weighted by Crippen LogP contribution is 2.17. The Bertz CT molecular complexity index is 613. The van der Waals surface area contributed by atoms with E-state index in [0.29, 0.717) is 23.3 Å². The van der Waals surface area contributed by atoms with Crippen LogP contribution in [0.2, 0.25) is 0 Å². The minimum atomic E-state index is -0.00557. The van der Waals surface area contributed by atoms with E-state index in [-0.39, 0.29) is 5.91 Å². The van der Waals surface area contributed by atoms with Crippen molar-refractivity contribution in [2.75, 3.05) is 6.54 Å². The third kappa shape index (κ3) is 3.45.